The summed E-state index contributed by atoms with van der Waals surface area (Å²) >= 11 is 3.97. The van der Waals surface area contributed by atoms with Gasteiger partial charge in [-0.05, 0) is 41.6 Å². The number of thioether (sulfide) groups is 1. The topological polar surface area (TPSA) is 51.8 Å². The lowest BCUT2D eigenvalue weighted by Crippen LogP contribution is -2.19. The Labute approximate surface area is 144 Å². The number of nitrogens with two attached hydrogens (primary N) is 1. The van der Waals surface area contributed by atoms with Crippen molar-refractivity contribution in [2.24, 2.45) is 0 Å². The van der Waals surface area contributed by atoms with Crippen molar-refractivity contribution in [3.05, 3.63) is 44.9 Å². The highest BCUT2D eigenvalue weighted by Crippen LogP contribution is 2.29. The van der Waals surface area contributed by atoms with E-state index >= 15 is 0 Å². The maximum Gasteiger partial charge on any atom is 0.141 e. The molecule has 1 heterocycles. The van der Waals surface area contributed by atoms with Crippen molar-refractivity contribution in [1.29, 1.82) is 0 Å². The van der Waals surface area contributed by atoms with E-state index in [0.717, 1.165) is 20.8 Å². The zero-order valence-electron chi connectivity index (χ0n) is 12.8. The van der Waals surface area contributed by atoms with Gasteiger partial charge in [-0.25, -0.2) is 9.97 Å². The lowest BCUT2D eigenvalue weighted by Gasteiger charge is -2.20. The number of aromatic nitrogens is 2. The molecule has 0 aliphatic carbocycles. The van der Waals surface area contributed by atoms with Gasteiger partial charge in [0.25, 0.3) is 0 Å². The molecule has 2 aromatic rings. The number of anilines is 1. The van der Waals surface area contributed by atoms with Crippen LogP contribution in [0.2, 0.25) is 0 Å². The van der Waals surface area contributed by atoms with E-state index in [9.17, 15) is 0 Å². The van der Waals surface area contributed by atoms with E-state index in [0.29, 0.717) is 5.82 Å². The Bertz CT molecular complexity index is 633. The predicted octanol–water partition coefficient (Wildman–Crippen LogP) is 4.56. The molecule has 112 valence electrons. The summed E-state index contributed by atoms with van der Waals surface area (Å²) in [5.74, 6) is 2.10. The number of benzene rings is 1. The molecule has 0 aliphatic rings. The molecule has 0 spiro atoms. The lowest BCUT2D eigenvalue weighted by molar-refractivity contribution is 0.560. The van der Waals surface area contributed by atoms with Gasteiger partial charge in [-0.3, -0.25) is 0 Å². The summed E-state index contributed by atoms with van der Waals surface area (Å²) in [7, 11) is 0. The molecular weight excluding hydrogens is 393 g/mol. The van der Waals surface area contributed by atoms with Crippen LogP contribution in [0.15, 0.2) is 29.2 Å². The van der Waals surface area contributed by atoms with Crippen LogP contribution in [0.3, 0.4) is 0 Å². The second kappa shape index (κ2) is 6.52. The van der Waals surface area contributed by atoms with Gasteiger partial charge in [0.15, 0.2) is 0 Å². The minimum atomic E-state index is -0.0309. The van der Waals surface area contributed by atoms with E-state index in [-0.39, 0.29) is 5.41 Å². The third-order valence-electron chi connectivity index (χ3n) is 3.02. The van der Waals surface area contributed by atoms with E-state index < -0.39 is 0 Å². The third kappa shape index (κ3) is 4.32. The Morgan fingerprint density at radius 3 is 2.33 bits per heavy atom. The first-order valence-corrected chi connectivity index (χ1v) is 8.85. The van der Waals surface area contributed by atoms with Crippen LogP contribution < -0.4 is 5.73 Å². The standard InChI is InChI=1S/C16H20IN3S/c1-10-5-7-11(8-6-10)21-9-12-19-14(16(2,3)4)13(17)15(18)20-12/h5-8H,9H2,1-4H3,(H2,18,19,20). The molecule has 1 aromatic carbocycles. The summed E-state index contributed by atoms with van der Waals surface area (Å²) < 4.78 is 0.962. The SMILES string of the molecule is Cc1ccc(SCc2nc(N)c(I)c(C(C)(C)C)n2)cc1. The van der Waals surface area contributed by atoms with E-state index in [4.69, 9.17) is 10.7 Å². The van der Waals surface area contributed by atoms with Gasteiger partial charge in [0.05, 0.1) is 15.0 Å². The Morgan fingerprint density at radius 2 is 1.76 bits per heavy atom. The first kappa shape index (κ1) is 16.5. The van der Waals surface area contributed by atoms with E-state index in [1.54, 1.807) is 11.8 Å². The predicted molar refractivity (Wildman–Crippen MR) is 98.6 cm³/mol. The Hall–Kier alpha value is -0.820. The van der Waals surface area contributed by atoms with Crippen molar-refractivity contribution >= 4 is 40.2 Å². The average molecular weight is 413 g/mol. The second-order valence-corrected chi connectivity index (χ2v) is 8.17. The summed E-state index contributed by atoms with van der Waals surface area (Å²) in [6.45, 7) is 8.53. The minimum Gasteiger partial charge on any atom is -0.383 e. The number of aryl methyl sites for hydroxylation is 1. The van der Waals surface area contributed by atoms with Crippen LogP contribution in [0.1, 0.15) is 37.9 Å². The molecule has 0 amide bonds. The number of nitrogens with zero attached hydrogens (tertiary/aromatic N) is 2. The number of halogens is 1. The van der Waals surface area contributed by atoms with Gasteiger partial charge in [0, 0.05) is 10.3 Å². The first-order valence-electron chi connectivity index (χ1n) is 6.79. The maximum atomic E-state index is 6.04. The van der Waals surface area contributed by atoms with Gasteiger partial charge in [0.2, 0.25) is 0 Å². The van der Waals surface area contributed by atoms with Crippen molar-refractivity contribution in [2.75, 3.05) is 5.73 Å². The van der Waals surface area contributed by atoms with Crippen molar-refractivity contribution in [3.8, 4) is 0 Å². The Kier molecular flexibility index (Phi) is 5.14. The molecule has 0 radical (unpaired) electrons. The summed E-state index contributed by atoms with van der Waals surface area (Å²) in [6, 6.07) is 8.49. The number of hydrogen-bond acceptors (Lipinski definition) is 4. The van der Waals surface area contributed by atoms with Gasteiger partial charge in [-0.2, -0.15) is 0 Å². The average Bonchev–Trinajstić information content (AvgIpc) is 2.40. The molecule has 0 fully saturated rings. The smallest absolute Gasteiger partial charge is 0.141 e. The van der Waals surface area contributed by atoms with Crippen molar-refractivity contribution in [1.82, 2.24) is 9.97 Å². The Balaban J connectivity index is 2.21. The van der Waals surface area contributed by atoms with E-state index in [2.05, 4.69) is 79.5 Å². The van der Waals surface area contributed by atoms with Crippen LogP contribution in [0.5, 0.6) is 0 Å². The molecule has 5 heteroatoms. The molecule has 21 heavy (non-hydrogen) atoms. The molecule has 0 bridgehead atoms. The van der Waals surface area contributed by atoms with E-state index in [1.807, 2.05) is 0 Å². The molecule has 0 saturated carbocycles. The molecule has 2 N–H and O–H groups in total. The normalized spacial score (nSPS) is 11.7. The molecule has 0 aliphatic heterocycles. The highest BCUT2D eigenvalue weighted by molar-refractivity contribution is 14.1. The molecule has 0 unspecified atom stereocenters. The van der Waals surface area contributed by atoms with Crippen molar-refractivity contribution in [2.45, 2.75) is 43.8 Å². The second-order valence-electron chi connectivity index (χ2n) is 6.04. The zero-order chi connectivity index (χ0) is 15.6. The van der Waals surface area contributed by atoms with Crippen LogP contribution in [0.4, 0.5) is 5.82 Å². The molecule has 0 saturated heterocycles. The molecule has 0 atom stereocenters. The van der Waals surface area contributed by atoms with Crippen LogP contribution in [-0.4, -0.2) is 9.97 Å². The van der Waals surface area contributed by atoms with Gasteiger partial charge in [-0.1, -0.05) is 38.5 Å². The van der Waals surface area contributed by atoms with Crippen molar-refractivity contribution < 1.29 is 0 Å². The zero-order valence-corrected chi connectivity index (χ0v) is 15.7. The number of hydrogen-bond donors (Lipinski definition) is 1. The summed E-state index contributed by atoms with van der Waals surface area (Å²) in [5.41, 5.74) is 8.30. The van der Waals surface area contributed by atoms with Gasteiger partial charge < -0.3 is 5.73 Å². The largest absolute Gasteiger partial charge is 0.383 e. The molecule has 3 nitrogen and oxygen atoms in total. The highest BCUT2D eigenvalue weighted by Gasteiger charge is 2.22. The van der Waals surface area contributed by atoms with E-state index in [1.165, 1.54) is 10.5 Å². The van der Waals surface area contributed by atoms with Gasteiger partial charge in [-0.15, -0.1) is 11.8 Å². The fraction of sp³-hybridized carbons (Fsp3) is 0.375. The van der Waals surface area contributed by atoms with Gasteiger partial charge >= 0.3 is 0 Å². The molecule has 2 rings (SSSR count). The van der Waals surface area contributed by atoms with Gasteiger partial charge in [0.1, 0.15) is 11.6 Å². The summed E-state index contributed by atoms with van der Waals surface area (Å²) in [4.78, 5) is 10.4. The van der Waals surface area contributed by atoms with Crippen LogP contribution in [0, 0.1) is 10.5 Å². The minimum absolute atomic E-state index is 0.0309. The van der Waals surface area contributed by atoms with Crippen LogP contribution in [-0.2, 0) is 11.2 Å². The third-order valence-corrected chi connectivity index (χ3v) is 5.09. The highest BCUT2D eigenvalue weighted by atomic mass is 127. The molecule has 1 aromatic heterocycles. The monoisotopic (exact) mass is 413 g/mol. The number of nitrogen functional groups attached to an aromatic ring is 1. The summed E-state index contributed by atoms with van der Waals surface area (Å²) in [6.07, 6.45) is 0. The summed E-state index contributed by atoms with van der Waals surface area (Å²) in [5, 5.41) is 0. The Morgan fingerprint density at radius 1 is 1.14 bits per heavy atom. The molecular formula is C16H20IN3S. The fourth-order valence-corrected chi connectivity index (χ4v) is 3.66. The van der Waals surface area contributed by atoms with Crippen molar-refractivity contribution in [3.63, 3.8) is 0 Å². The lowest BCUT2D eigenvalue weighted by atomic mass is 9.92. The maximum absolute atomic E-state index is 6.04. The number of rotatable bonds is 3. The first-order chi connectivity index (χ1) is 9.77. The van der Waals surface area contributed by atoms with Crippen LogP contribution >= 0.6 is 34.4 Å². The fourth-order valence-electron chi connectivity index (χ4n) is 1.86. The quantitative estimate of drug-likeness (QED) is 0.592. The van der Waals surface area contributed by atoms with Crippen LogP contribution in [0.25, 0.3) is 0 Å².